The first kappa shape index (κ1) is 45.6. The van der Waals surface area contributed by atoms with Gasteiger partial charge in [0.05, 0.1) is 0 Å². The molecule has 0 radical (unpaired) electrons. The monoisotopic (exact) mass is 416 g/mol. The molecule has 0 aromatic heterocycles. The van der Waals surface area contributed by atoms with Crippen molar-refractivity contribution in [2.24, 2.45) is 0 Å². The standard InChI is InChI=1S/C4H12O6P2S2.6Na/c5-11(6,7)1-3-13-14-4-2-12(8,9)10;;;;;;/h1-4H2,(H2,5,6,7)(H2,8,9,10);;;;;;/q;6*+1/p-4. The van der Waals surface area contributed by atoms with Crippen LogP contribution in [0.5, 0.6) is 0 Å². The van der Waals surface area contributed by atoms with E-state index >= 15 is 0 Å². The Bertz CT molecular complexity index is 238. The minimum absolute atomic E-state index is 0. The third-order valence-corrected chi connectivity index (χ3v) is 5.54. The Hall–Kier alpha value is 7.00. The van der Waals surface area contributed by atoms with Crippen LogP contribution in [0, 0.1) is 0 Å². The first-order valence-corrected chi connectivity index (χ1v) is 9.42. The summed E-state index contributed by atoms with van der Waals surface area (Å²) in [6, 6.07) is 0. The molecule has 0 aromatic carbocycles. The first-order chi connectivity index (χ1) is 6.21. The second-order valence-electron chi connectivity index (χ2n) is 2.31. The summed E-state index contributed by atoms with van der Waals surface area (Å²) >= 11 is 0. The van der Waals surface area contributed by atoms with E-state index in [1.165, 1.54) is 0 Å². The van der Waals surface area contributed by atoms with E-state index in [0.717, 1.165) is 21.6 Å². The first-order valence-electron chi connectivity index (χ1n) is 3.47. The molecule has 0 fully saturated rings. The van der Waals surface area contributed by atoms with E-state index in [1.54, 1.807) is 0 Å². The molecule has 0 saturated carbocycles. The summed E-state index contributed by atoms with van der Waals surface area (Å²) in [6.07, 6.45) is -0.922. The molecular formula is C4H8Na6O6P2S2+2. The fraction of sp³-hybridized carbons (Fsp3) is 1.00. The van der Waals surface area contributed by atoms with Crippen molar-refractivity contribution in [1.82, 2.24) is 0 Å². The van der Waals surface area contributed by atoms with Crippen molar-refractivity contribution in [3.05, 3.63) is 0 Å². The van der Waals surface area contributed by atoms with Crippen molar-refractivity contribution in [3.63, 3.8) is 0 Å². The molecular weight excluding hydrogens is 408 g/mol. The van der Waals surface area contributed by atoms with Crippen molar-refractivity contribution in [3.8, 4) is 0 Å². The summed E-state index contributed by atoms with van der Waals surface area (Å²) in [7, 11) is -6.79. The molecule has 0 rings (SSSR count). The van der Waals surface area contributed by atoms with Gasteiger partial charge in [-0.15, -0.1) is 0 Å². The van der Waals surface area contributed by atoms with Crippen LogP contribution in [-0.4, -0.2) is 23.8 Å². The van der Waals surface area contributed by atoms with Gasteiger partial charge >= 0.3 is 177 Å². The predicted molar refractivity (Wildman–Crippen MR) is 49.9 cm³/mol. The summed E-state index contributed by atoms with van der Waals surface area (Å²) in [5.74, 6) is 0.216. The van der Waals surface area contributed by atoms with Gasteiger partial charge in [0, 0.05) is 11.5 Å². The molecule has 6 nitrogen and oxygen atoms in total. The Morgan fingerprint density at radius 3 is 0.950 bits per heavy atom. The Labute approximate surface area is 260 Å². The third kappa shape index (κ3) is 44.4. The van der Waals surface area contributed by atoms with Gasteiger partial charge in [0.15, 0.2) is 0 Å². The van der Waals surface area contributed by atoms with Gasteiger partial charge in [-0.1, -0.05) is 36.8 Å². The van der Waals surface area contributed by atoms with Gasteiger partial charge in [0.1, 0.15) is 0 Å². The average Bonchev–Trinajstić information content (AvgIpc) is 1.92. The number of hydrogen-bond donors (Lipinski definition) is 0. The van der Waals surface area contributed by atoms with Gasteiger partial charge in [-0.25, -0.2) is 0 Å². The van der Waals surface area contributed by atoms with Crippen LogP contribution in [0.25, 0.3) is 0 Å². The largest absolute Gasteiger partial charge is 1.00 e. The minimum Gasteiger partial charge on any atom is -0.811 e. The Balaban J connectivity index is -0.0000000563. The second-order valence-corrected chi connectivity index (χ2v) is 8.35. The van der Waals surface area contributed by atoms with Crippen LogP contribution in [0.4, 0.5) is 0 Å². The quantitative estimate of drug-likeness (QED) is 0.173. The van der Waals surface area contributed by atoms with Crippen molar-refractivity contribution in [1.29, 1.82) is 0 Å². The predicted octanol–water partition coefficient (Wildman–Crippen LogP) is -19.8. The SMILES string of the molecule is O=P([O-])([O-])CCSSCCP(=O)([O-])[O-].[Na+].[Na+].[Na+].[Na+].[Na+].[Na+]. The van der Waals surface area contributed by atoms with Crippen LogP contribution < -0.4 is 197 Å². The van der Waals surface area contributed by atoms with Crippen LogP contribution >= 0.6 is 36.8 Å². The summed E-state index contributed by atoms with van der Waals surface area (Å²) in [5.41, 5.74) is 0. The average molecular weight is 416 g/mol. The van der Waals surface area contributed by atoms with E-state index in [9.17, 15) is 28.7 Å². The van der Waals surface area contributed by atoms with Crippen LogP contribution in [0.1, 0.15) is 0 Å². The van der Waals surface area contributed by atoms with Gasteiger partial charge in [-0.2, -0.15) is 0 Å². The zero-order valence-electron chi connectivity index (χ0n) is 13.0. The molecule has 0 aliphatic carbocycles. The number of hydrogen-bond acceptors (Lipinski definition) is 8. The zero-order valence-corrected chi connectivity index (χ0v) is 28.4. The molecule has 0 unspecified atom stereocenters. The maximum Gasteiger partial charge on any atom is 1.00 e. The Morgan fingerprint density at radius 2 is 0.800 bits per heavy atom. The fourth-order valence-electron chi connectivity index (χ4n) is 0.416. The molecule has 0 heterocycles. The molecule has 0 N–H and O–H groups in total. The summed E-state index contributed by atoms with van der Waals surface area (Å²) in [5, 5.41) is 0. The van der Waals surface area contributed by atoms with Crippen molar-refractivity contribution in [2.45, 2.75) is 0 Å². The summed E-state index contributed by atoms with van der Waals surface area (Å²) in [4.78, 5) is 40.5. The topological polar surface area (TPSA) is 126 Å². The smallest absolute Gasteiger partial charge is 0.811 e. The molecule has 20 heavy (non-hydrogen) atoms. The molecule has 0 aliphatic rings. The molecule has 86 valence electrons. The maximum absolute atomic E-state index is 10.1. The van der Waals surface area contributed by atoms with E-state index in [1.807, 2.05) is 0 Å². The fourth-order valence-corrected chi connectivity index (χ4v) is 5.09. The summed E-state index contributed by atoms with van der Waals surface area (Å²) < 4.78 is 20.3. The number of rotatable bonds is 7. The second kappa shape index (κ2) is 26.0. The van der Waals surface area contributed by atoms with Crippen LogP contribution in [0.2, 0.25) is 0 Å². The van der Waals surface area contributed by atoms with Crippen molar-refractivity contribution in [2.75, 3.05) is 23.8 Å². The normalized spacial score (nSPS) is 9.20. The Kier molecular flexibility index (Phi) is 59.3. The molecule has 0 aromatic rings. The van der Waals surface area contributed by atoms with E-state index in [4.69, 9.17) is 0 Å². The van der Waals surface area contributed by atoms with E-state index < -0.39 is 27.5 Å². The van der Waals surface area contributed by atoms with Gasteiger partial charge in [0.2, 0.25) is 0 Å². The Morgan fingerprint density at radius 1 is 0.600 bits per heavy atom. The van der Waals surface area contributed by atoms with Crippen molar-refractivity contribution < 1.29 is 206 Å². The van der Waals surface area contributed by atoms with Crippen LogP contribution in [0.15, 0.2) is 0 Å². The molecule has 16 heteroatoms. The molecule has 0 amide bonds. The third-order valence-electron chi connectivity index (χ3n) is 0.980. The van der Waals surface area contributed by atoms with E-state index in [2.05, 4.69) is 0 Å². The van der Waals surface area contributed by atoms with Gasteiger partial charge in [-0.3, -0.25) is 0 Å². The molecule has 0 spiro atoms. The van der Waals surface area contributed by atoms with Gasteiger partial charge < -0.3 is 28.7 Å². The molecule has 0 atom stereocenters. The zero-order chi connectivity index (χ0) is 11.2. The van der Waals surface area contributed by atoms with Crippen molar-refractivity contribution >= 4 is 36.8 Å². The van der Waals surface area contributed by atoms with Gasteiger partial charge in [-0.05, 0) is 12.3 Å². The minimum atomic E-state index is -4.46. The molecule has 0 bridgehead atoms. The van der Waals surface area contributed by atoms with Gasteiger partial charge in [0.25, 0.3) is 0 Å². The van der Waals surface area contributed by atoms with Crippen LogP contribution in [-0.2, 0) is 9.13 Å². The van der Waals surface area contributed by atoms with E-state index in [0.29, 0.717) is 0 Å². The van der Waals surface area contributed by atoms with Crippen LogP contribution in [0.3, 0.4) is 0 Å². The molecule has 0 saturated heterocycles. The summed E-state index contributed by atoms with van der Waals surface area (Å²) in [6.45, 7) is 0. The molecule has 0 aliphatic heterocycles. The van der Waals surface area contributed by atoms with E-state index in [-0.39, 0.29) is 189 Å². The maximum atomic E-state index is 10.1.